The molecule has 118 valence electrons. The molecule has 1 atom stereocenters. The van der Waals surface area contributed by atoms with Crippen molar-refractivity contribution >= 4 is 5.97 Å². The van der Waals surface area contributed by atoms with Crippen LogP contribution in [0, 0.1) is 5.82 Å². The summed E-state index contributed by atoms with van der Waals surface area (Å²) in [4.78, 5) is 11.1. The van der Waals surface area contributed by atoms with Crippen LogP contribution in [0.25, 0.3) is 0 Å². The second-order valence-electron chi connectivity index (χ2n) is 4.05. The van der Waals surface area contributed by atoms with Gasteiger partial charge in [-0.2, -0.15) is 22.0 Å². The molecule has 0 aliphatic rings. The summed E-state index contributed by atoms with van der Waals surface area (Å²) >= 11 is 0. The lowest BCUT2D eigenvalue weighted by atomic mass is 9.95. The number of carbonyl (C=O) groups is 1. The van der Waals surface area contributed by atoms with Crippen LogP contribution in [-0.2, 0) is 15.7 Å². The smallest absolute Gasteiger partial charge is 0.416 e. The minimum absolute atomic E-state index is 0.223. The Morgan fingerprint density at radius 2 is 1.86 bits per heavy atom. The van der Waals surface area contributed by atoms with Crippen molar-refractivity contribution in [1.29, 1.82) is 0 Å². The first-order chi connectivity index (χ1) is 9.51. The van der Waals surface area contributed by atoms with Crippen molar-refractivity contribution < 1.29 is 35.9 Å². The van der Waals surface area contributed by atoms with Gasteiger partial charge in [-0.05, 0) is 30.7 Å². The normalized spacial score (nSPS) is 13.9. The average molecular weight is 315 g/mol. The maximum absolute atomic E-state index is 13.7. The molecule has 0 saturated heterocycles. The zero-order chi connectivity index (χ0) is 16.4. The highest BCUT2D eigenvalue weighted by Crippen LogP contribution is 2.39. The molecule has 0 aromatic heterocycles. The highest BCUT2D eigenvalue weighted by atomic mass is 19.4. The zero-order valence-corrected chi connectivity index (χ0v) is 10.7. The molecule has 0 amide bonds. The second kappa shape index (κ2) is 5.92. The third-order valence-corrected chi connectivity index (χ3v) is 2.59. The van der Waals surface area contributed by atoms with E-state index in [0.717, 1.165) is 0 Å². The number of benzene rings is 1. The van der Waals surface area contributed by atoms with E-state index in [-0.39, 0.29) is 12.1 Å². The van der Waals surface area contributed by atoms with E-state index in [1.54, 1.807) is 0 Å². The Kier molecular flexibility index (Phi) is 4.87. The van der Waals surface area contributed by atoms with Crippen molar-refractivity contribution in [3.05, 3.63) is 35.1 Å². The molecule has 9 heteroatoms. The van der Waals surface area contributed by atoms with Gasteiger partial charge in [0.1, 0.15) is 11.9 Å². The van der Waals surface area contributed by atoms with E-state index in [1.807, 2.05) is 0 Å². The molecule has 1 aromatic rings. The number of nitrogens with two attached hydrogens (primary N) is 1. The Morgan fingerprint density at radius 1 is 1.29 bits per heavy atom. The van der Waals surface area contributed by atoms with Crippen LogP contribution >= 0.6 is 0 Å². The minimum atomic E-state index is -5.02. The summed E-state index contributed by atoms with van der Waals surface area (Å²) in [6.07, 6.45) is -5.02. The van der Waals surface area contributed by atoms with Crippen molar-refractivity contribution in [2.45, 2.75) is 25.1 Å². The van der Waals surface area contributed by atoms with E-state index in [2.05, 4.69) is 4.74 Å². The fraction of sp³-hybridized carbons (Fsp3) is 0.417. The first kappa shape index (κ1) is 17.3. The maximum atomic E-state index is 13.7. The molecule has 0 saturated carbocycles. The quantitative estimate of drug-likeness (QED) is 0.686. The summed E-state index contributed by atoms with van der Waals surface area (Å²) in [6, 6.07) is -1.72. The first-order valence-corrected chi connectivity index (χ1v) is 5.69. The van der Waals surface area contributed by atoms with Crippen LogP contribution in [0.15, 0.2) is 18.2 Å². The standard InChI is InChI=1S/C12H11F6NO2/c1-2-21-10(20)11(14,15)9(19)7-5-6(13)3-4-8(7)12(16,17)18/h3-5,9H,2,19H2,1H3/t9-/m1/s1. The minimum Gasteiger partial charge on any atom is -0.462 e. The molecule has 0 fully saturated rings. The van der Waals surface area contributed by atoms with Crippen molar-refractivity contribution in [3.63, 3.8) is 0 Å². The molecule has 0 aliphatic heterocycles. The van der Waals surface area contributed by atoms with E-state index >= 15 is 0 Å². The van der Waals surface area contributed by atoms with Gasteiger partial charge in [-0.25, -0.2) is 9.18 Å². The van der Waals surface area contributed by atoms with Gasteiger partial charge in [0.15, 0.2) is 0 Å². The van der Waals surface area contributed by atoms with E-state index in [9.17, 15) is 31.1 Å². The number of rotatable bonds is 4. The SMILES string of the molecule is CCOC(=O)C(F)(F)[C@H](N)c1cc(F)ccc1C(F)(F)F. The van der Waals surface area contributed by atoms with Gasteiger partial charge >= 0.3 is 18.1 Å². The number of ether oxygens (including phenoxy) is 1. The highest BCUT2D eigenvalue weighted by molar-refractivity contribution is 5.79. The Hall–Kier alpha value is -1.77. The lowest BCUT2D eigenvalue weighted by Gasteiger charge is -2.24. The third-order valence-electron chi connectivity index (χ3n) is 2.59. The van der Waals surface area contributed by atoms with Gasteiger partial charge in [-0.1, -0.05) is 0 Å². The molecule has 21 heavy (non-hydrogen) atoms. The molecule has 0 aliphatic carbocycles. The van der Waals surface area contributed by atoms with Crippen molar-refractivity contribution in [3.8, 4) is 0 Å². The molecule has 0 heterocycles. The Balaban J connectivity index is 3.32. The summed E-state index contributed by atoms with van der Waals surface area (Å²) in [5.41, 5.74) is 2.29. The predicted octanol–water partition coefficient (Wildman–Crippen LogP) is 3.04. The van der Waals surface area contributed by atoms with Gasteiger partial charge in [0.2, 0.25) is 0 Å². The topological polar surface area (TPSA) is 52.3 Å². The second-order valence-corrected chi connectivity index (χ2v) is 4.05. The van der Waals surface area contributed by atoms with Crippen LogP contribution in [0.4, 0.5) is 26.3 Å². The molecule has 1 rings (SSSR count). The number of hydrogen-bond acceptors (Lipinski definition) is 3. The Labute approximate surface area is 115 Å². The molecule has 2 N–H and O–H groups in total. The van der Waals surface area contributed by atoms with Gasteiger partial charge in [0.05, 0.1) is 12.2 Å². The van der Waals surface area contributed by atoms with Gasteiger partial charge in [0, 0.05) is 0 Å². The van der Waals surface area contributed by atoms with Crippen LogP contribution in [0.3, 0.4) is 0 Å². The number of esters is 1. The maximum Gasteiger partial charge on any atom is 0.416 e. The molecule has 0 radical (unpaired) electrons. The highest BCUT2D eigenvalue weighted by Gasteiger charge is 2.50. The summed E-state index contributed by atoms with van der Waals surface area (Å²) in [6.45, 7) is 0.833. The third kappa shape index (κ3) is 3.66. The summed E-state index contributed by atoms with van der Waals surface area (Å²) in [7, 11) is 0. The monoisotopic (exact) mass is 315 g/mol. The Morgan fingerprint density at radius 3 is 2.33 bits per heavy atom. The molecular weight excluding hydrogens is 304 g/mol. The van der Waals surface area contributed by atoms with Crippen molar-refractivity contribution in [2.75, 3.05) is 6.61 Å². The van der Waals surface area contributed by atoms with Gasteiger partial charge in [-0.3, -0.25) is 0 Å². The van der Waals surface area contributed by atoms with E-state index in [0.29, 0.717) is 6.07 Å². The fourth-order valence-electron chi connectivity index (χ4n) is 1.60. The molecular formula is C12H11F6NO2. The van der Waals surface area contributed by atoms with Crippen molar-refractivity contribution in [1.82, 2.24) is 0 Å². The van der Waals surface area contributed by atoms with Crippen LogP contribution in [0.1, 0.15) is 24.1 Å². The lowest BCUT2D eigenvalue weighted by Crippen LogP contribution is -2.42. The van der Waals surface area contributed by atoms with Crippen LogP contribution in [-0.4, -0.2) is 18.5 Å². The summed E-state index contributed by atoms with van der Waals surface area (Å²) < 4.78 is 82.7. The lowest BCUT2D eigenvalue weighted by molar-refractivity contribution is -0.175. The van der Waals surface area contributed by atoms with Gasteiger partial charge < -0.3 is 10.5 Å². The largest absolute Gasteiger partial charge is 0.462 e. The van der Waals surface area contributed by atoms with Crippen molar-refractivity contribution in [2.24, 2.45) is 5.73 Å². The molecule has 0 spiro atoms. The van der Waals surface area contributed by atoms with Crippen LogP contribution in [0.2, 0.25) is 0 Å². The average Bonchev–Trinajstić information content (AvgIpc) is 2.36. The molecule has 0 unspecified atom stereocenters. The molecule has 0 bridgehead atoms. The van der Waals surface area contributed by atoms with Crippen LogP contribution in [0.5, 0.6) is 0 Å². The molecule has 1 aromatic carbocycles. The first-order valence-electron chi connectivity index (χ1n) is 5.69. The zero-order valence-electron chi connectivity index (χ0n) is 10.7. The number of alkyl halides is 5. The van der Waals surface area contributed by atoms with E-state index in [1.165, 1.54) is 6.92 Å². The predicted molar refractivity (Wildman–Crippen MR) is 59.9 cm³/mol. The number of hydrogen-bond donors (Lipinski definition) is 1. The molecule has 3 nitrogen and oxygen atoms in total. The van der Waals surface area contributed by atoms with Crippen LogP contribution < -0.4 is 5.73 Å². The fourth-order valence-corrected chi connectivity index (χ4v) is 1.60. The number of halogens is 6. The van der Waals surface area contributed by atoms with Gasteiger partial charge in [0.25, 0.3) is 0 Å². The number of carbonyl (C=O) groups excluding carboxylic acids is 1. The summed E-state index contributed by atoms with van der Waals surface area (Å²) in [5, 5.41) is 0. The summed E-state index contributed by atoms with van der Waals surface area (Å²) in [5.74, 6) is -7.69. The van der Waals surface area contributed by atoms with E-state index < -0.39 is 47.7 Å². The Bertz CT molecular complexity index is 529. The van der Waals surface area contributed by atoms with Gasteiger partial charge in [-0.15, -0.1) is 0 Å². The van der Waals surface area contributed by atoms with E-state index in [4.69, 9.17) is 5.73 Å².